The second-order valence-electron chi connectivity index (χ2n) is 8.10. The van der Waals surface area contributed by atoms with Crippen molar-refractivity contribution >= 4 is 21.9 Å². The summed E-state index contributed by atoms with van der Waals surface area (Å²) in [5.74, 6) is -1.79. The molecule has 1 saturated heterocycles. The summed E-state index contributed by atoms with van der Waals surface area (Å²) in [5.41, 5.74) is 2.43. The molecule has 8 nitrogen and oxygen atoms in total. The molecule has 176 valence electrons. The lowest BCUT2D eigenvalue weighted by atomic mass is 10.0. The molecule has 1 aliphatic rings. The molecule has 0 bridgehead atoms. The van der Waals surface area contributed by atoms with Gasteiger partial charge in [0, 0.05) is 24.7 Å². The summed E-state index contributed by atoms with van der Waals surface area (Å²) in [5, 5.41) is 12.3. The largest absolute Gasteiger partial charge is 0.480 e. The first kappa shape index (κ1) is 23.6. The number of nitrogens with zero attached hydrogens (tertiary/aromatic N) is 2. The zero-order valence-electron chi connectivity index (χ0n) is 18.4. The van der Waals surface area contributed by atoms with Crippen LogP contribution < -0.4 is 5.32 Å². The molecule has 1 amide bonds. The van der Waals surface area contributed by atoms with Crippen molar-refractivity contribution < 1.29 is 23.1 Å². The lowest BCUT2D eigenvalue weighted by Crippen LogP contribution is -2.51. The van der Waals surface area contributed by atoms with Crippen LogP contribution in [0.2, 0.25) is 0 Å². The van der Waals surface area contributed by atoms with E-state index in [2.05, 4.69) is 10.3 Å². The first-order chi connectivity index (χ1) is 16.4. The second kappa shape index (κ2) is 10.1. The predicted molar refractivity (Wildman–Crippen MR) is 126 cm³/mol. The van der Waals surface area contributed by atoms with E-state index in [9.17, 15) is 23.1 Å². The molecule has 2 N–H and O–H groups in total. The van der Waals surface area contributed by atoms with Gasteiger partial charge in [0.2, 0.25) is 15.9 Å². The van der Waals surface area contributed by atoms with Gasteiger partial charge in [0.1, 0.15) is 12.1 Å². The van der Waals surface area contributed by atoms with Crippen LogP contribution in [0.25, 0.3) is 11.3 Å². The molecule has 2 aromatic carbocycles. The monoisotopic (exact) mass is 479 g/mol. The second-order valence-corrected chi connectivity index (χ2v) is 9.99. The first-order valence-corrected chi connectivity index (χ1v) is 12.4. The summed E-state index contributed by atoms with van der Waals surface area (Å²) in [4.78, 5) is 29.3. The van der Waals surface area contributed by atoms with Crippen LogP contribution in [0.15, 0.2) is 83.9 Å². The highest BCUT2D eigenvalue weighted by atomic mass is 32.2. The highest BCUT2D eigenvalue weighted by Crippen LogP contribution is 2.26. The number of pyridine rings is 1. The molecule has 34 heavy (non-hydrogen) atoms. The van der Waals surface area contributed by atoms with Gasteiger partial charge in [-0.15, -0.1) is 0 Å². The molecule has 0 radical (unpaired) electrons. The fraction of sp³-hybridized carbons (Fsp3) is 0.240. The van der Waals surface area contributed by atoms with Gasteiger partial charge in [-0.25, -0.2) is 13.2 Å². The normalized spacial score (nSPS) is 17.2. The third-order valence-corrected chi connectivity index (χ3v) is 7.75. The Morgan fingerprint density at radius 1 is 1.03 bits per heavy atom. The lowest BCUT2D eigenvalue weighted by Gasteiger charge is -2.25. The smallest absolute Gasteiger partial charge is 0.326 e. The van der Waals surface area contributed by atoms with Gasteiger partial charge in [-0.1, -0.05) is 48.5 Å². The van der Waals surface area contributed by atoms with E-state index in [-0.39, 0.29) is 17.9 Å². The van der Waals surface area contributed by atoms with Crippen LogP contribution in [0.4, 0.5) is 0 Å². The third-order valence-electron chi connectivity index (χ3n) is 5.83. The summed E-state index contributed by atoms with van der Waals surface area (Å²) >= 11 is 0. The van der Waals surface area contributed by atoms with E-state index in [1.54, 1.807) is 36.5 Å². The quantitative estimate of drug-likeness (QED) is 0.513. The van der Waals surface area contributed by atoms with E-state index in [1.807, 2.05) is 30.3 Å². The van der Waals surface area contributed by atoms with Crippen molar-refractivity contribution in [2.75, 3.05) is 6.54 Å². The van der Waals surface area contributed by atoms with Crippen molar-refractivity contribution in [3.63, 3.8) is 0 Å². The average molecular weight is 480 g/mol. The van der Waals surface area contributed by atoms with Crippen LogP contribution in [0, 0.1) is 0 Å². The minimum Gasteiger partial charge on any atom is -0.480 e. The molecule has 0 saturated carbocycles. The molecule has 1 fully saturated rings. The molecular weight excluding hydrogens is 454 g/mol. The number of aliphatic carboxylic acids is 1. The minimum absolute atomic E-state index is 0.0712. The maximum absolute atomic E-state index is 13.0. The van der Waals surface area contributed by atoms with Crippen LogP contribution in [-0.2, 0) is 26.0 Å². The van der Waals surface area contributed by atoms with Gasteiger partial charge in [-0.05, 0) is 42.7 Å². The first-order valence-electron chi connectivity index (χ1n) is 11.0. The Hall–Kier alpha value is -3.56. The van der Waals surface area contributed by atoms with Gasteiger partial charge in [0.25, 0.3) is 0 Å². The van der Waals surface area contributed by atoms with Crippen LogP contribution >= 0.6 is 0 Å². The topological polar surface area (TPSA) is 117 Å². The van der Waals surface area contributed by atoms with Crippen molar-refractivity contribution in [3.8, 4) is 11.3 Å². The number of sulfonamides is 1. The molecule has 1 aromatic heterocycles. The molecule has 4 rings (SSSR count). The molecule has 0 aliphatic carbocycles. The number of hydrogen-bond donors (Lipinski definition) is 2. The highest BCUT2D eigenvalue weighted by Gasteiger charge is 2.40. The summed E-state index contributed by atoms with van der Waals surface area (Å²) < 4.78 is 27.2. The third kappa shape index (κ3) is 5.16. The number of rotatable bonds is 8. The van der Waals surface area contributed by atoms with Crippen LogP contribution in [-0.4, -0.2) is 53.3 Å². The molecule has 9 heteroatoms. The van der Waals surface area contributed by atoms with Gasteiger partial charge in [0.15, 0.2) is 0 Å². The standard InChI is InChI=1S/C25H25N3O5S/c29-24(23-10-6-16-28(23)34(32,33)20-7-2-1-3-8-20)27-22(25(30)31)17-18-11-13-19(14-12-18)21-9-4-5-15-26-21/h1-5,7-9,11-15,22-23H,6,10,16-17H2,(H,27,29)(H,30,31)/t22-,23-/m0/s1. The molecule has 3 aromatic rings. The maximum Gasteiger partial charge on any atom is 0.326 e. The van der Waals surface area contributed by atoms with E-state index < -0.39 is 34.0 Å². The summed E-state index contributed by atoms with van der Waals surface area (Å²) in [6.45, 7) is 0.210. The number of amides is 1. The minimum atomic E-state index is -3.86. The zero-order valence-corrected chi connectivity index (χ0v) is 19.2. The summed E-state index contributed by atoms with van der Waals surface area (Å²) in [6, 6.07) is 18.7. The molecule has 2 atom stereocenters. The summed E-state index contributed by atoms with van der Waals surface area (Å²) in [7, 11) is -3.86. The summed E-state index contributed by atoms with van der Waals surface area (Å²) in [6.07, 6.45) is 2.63. The van der Waals surface area contributed by atoms with Gasteiger partial charge in [-0.3, -0.25) is 9.78 Å². The van der Waals surface area contributed by atoms with Gasteiger partial charge in [0.05, 0.1) is 10.6 Å². The SMILES string of the molecule is O=C(O)[C@H](Cc1ccc(-c2ccccn2)cc1)NC(=O)[C@@H]1CCCN1S(=O)(=O)c1ccccc1. The van der Waals surface area contributed by atoms with Gasteiger partial charge < -0.3 is 10.4 Å². The number of carbonyl (C=O) groups is 2. The molecular formula is C25H25N3O5S. The van der Waals surface area contributed by atoms with E-state index in [1.165, 1.54) is 12.1 Å². The zero-order chi connectivity index (χ0) is 24.1. The maximum atomic E-state index is 13.0. The van der Waals surface area contributed by atoms with E-state index in [0.717, 1.165) is 21.1 Å². The number of carboxylic acids is 1. The Bertz CT molecular complexity index is 1250. The number of carboxylic acid groups (broad SMARTS) is 1. The Morgan fingerprint density at radius 3 is 2.38 bits per heavy atom. The molecule has 2 heterocycles. The fourth-order valence-electron chi connectivity index (χ4n) is 4.07. The van der Waals surface area contributed by atoms with Crippen LogP contribution in [0.1, 0.15) is 18.4 Å². The van der Waals surface area contributed by atoms with Crippen molar-refractivity contribution in [1.29, 1.82) is 0 Å². The Morgan fingerprint density at radius 2 is 1.74 bits per heavy atom. The molecule has 1 aliphatic heterocycles. The van der Waals surface area contributed by atoms with Crippen LogP contribution in [0.3, 0.4) is 0 Å². The van der Waals surface area contributed by atoms with E-state index in [0.29, 0.717) is 12.8 Å². The van der Waals surface area contributed by atoms with Gasteiger partial charge >= 0.3 is 5.97 Å². The van der Waals surface area contributed by atoms with Crippen molar-refractivity contribution in [3.05, 3.63) is 84.6 Å². The Kier molecular flexibility index (Phi) is 7.04. The fourth-order valence-corrected chi connectivity index (χ4v) is 5.74. The number of aromatic nitrogens is 1. The molecule has 0 unspecified atom stereocenters. The number of carbonyl (C=O) groups excluding carboxylic acids is 1. The number of benzene rings is 2. The van der Waals surface area contributed by atoms with Crippen molar-refractivity contribution in [2.45, 2.75) is 36.2 Å². The van der Waals surface area contributed by atoms with E-state index >= 15 is 0 Å². The molecule has 0 spiro atoms. The van der Waals surface area contributed by atoms with Crippen molar-refractivity contribution in [2.24, 2.45) is 0 Å². The van der Waals surface area contributed by atoms with E-state index in [4.69, 9.17) is 0 Å². The van der Waals surface area contributed by atoms with Crippen LogP contribution in [0.5, 0.6) is 0 Å². The number of hydrogen-bond acceptors (Lipinski definition) is 5. The predicted octanol–water partition coefficient (Wildman–Crippen LogP) is 2.71. The van der Waals surface area contributed by atoms with Gasteiger partial charge in [-0.2, -0.15) is 4.31 Å². The Labute approximate surface area is 198 Å². The number of nitrogens with one attached hydrogen (secondary N) is 1. The lowest BCUT2D eigenvalue weighted by molar-refractivity contribution is -0.142. The van der Waals surface area contributed by atoms with Crippen molar-refractivity contribution in [1.82, 2.24) is 14.6 Å². The highest BCUT2D eigenvalue weighted by molar-refractivity contribution is 7.89. The Balaban J connectivity index is 1.46. The average Bonchev–Trinajstić information content (AvgIpc) is 3.36.